The van der Waals surface area contributed by atoms with Gasteiger partial charge in [0, 0.05) is 25.5 Å². The second-order valence-corrected chi connectivity index (χ2v) is 6.79. The van der Waals surface area contributed by atoms with Gasteiger partial charge in [-0.25, -0.2) is 9.98 Å². The SMILES string of the molecule is N=C/C(=C\N)Nc1cnc2ccc(N=C(N)SC(=N)N3CCOCC3)nc2c1. The number of thioether (sulfide) groups is 1. The van der Waals surface area contributed by atoms with Crippen LogP contribution in [0.1, 0.15) is 0 Å². The first kappa shape index (κ1) is 19.6. The highest BCUT2D eigenvalue weighted by Gasteiger charge is 2.15. The Kier molecular flexibility index (Phi) is 6.40. The van der Waals surface area contributed by atoms with Crippen LogP contribution in [0.4, 0.5) is 11.5 Å². The number of allylic oxidation sites excluding steroid dienone is 1. The number of nitrogens with two attached hydrogens (primary N) is 2. The fraction of sp³-hybridized carbons (Fsp3) is 0.235. The number of rotatable bonds is 4. The van der Waals surface area contributed by atoms with E-state index in [9.17, 15) is 0 Å². The van der Waals surface area contributed by atoms with Crippen LogP contribution >= 0.6 is 11.8 Å². The van der Waals surface area contributed by atoms with Crippen molar-refractivity contribution in [1.82, 2.24) is 14.9 Å². The smallest absolute Gasteiger partial charge is 0.168 e. The number of nitrogens with zero attached hydrogens (tertiary/aromatic N) is 4. The molecule has 10 nitrogen and oxygen atoms in total. The molecule has 1 saturated heterocycles. The van der Waals surface area contributed by atoms with Gasteiger partial charge in [0.1, 0.15) is 0 Å². The van der Waals surface area contributed by atoms with Crippen LogP contribution in [-0.4, -0.2) is 57.7 Å². The minimum Gasteiger partial charge on any atom is -0.403 e. The number of anilines is 1. The quantitative estimate of drug-likeness (QED) is 0.381. The van der Waals surface area contributed by atoms with Gasteiger partial charge in [-0.1, -0.05) is 0 Å². The van der Waals surface area contributed by atoms with E-state index in [0.717, 1.165) is 18.0 Å². The van der Waals surface area contributed by atoms with Crippen molar-refractivity contribution in [2.75, 3.05) is 31.6 Å². The molecule has 3 rings (SSSR count). The summed E-state index contributed by atoms with van der Waals surface area (Å²) in [7, 11) is 0. The molecule has 0 aliphatic carbocycles. The molecule has 1 aliphatic heterocycles. The first-order valence-corrected chi connectivity index (χ1v) is 9.30. The van der Waals surface area contributed by atoms with Gasteiger partial charge in [-0.2, -0.15) is 0 Å². The van der Waals surface area contributed by atoms with Crippen molar-refractivity contribution in [2.24, 2.45) is 16.5 Å². The average molecular weight is 399 g/mol. The zero-order valence-electron chi connectivity index (χ0n) is 15.1. The topological polar surface area (TPSA) is 162 Å². The highest BCUT2D eigenvalue weighted by Crippen LogP contribution is 2.20. The van der Waals surface area contributed by atoms with Crippen molar-refractivity contribution in [2.45, 2.75) is 0 Å². The van der Waals surface area contributed by atoms with Gasteiger partial charge >= 0.3 is 0 Å². The van der Waals surface area contributed by atoms with E-state index in [1.54, 1.807) is 24.4 Å². The normalized spacial score (nSPS) is 15.5. The maximum absolute atomic E-state index is 8.14. The van der Waals surface area contributed by atoms with E-state index in [4.69, 9.17) is 27.0 Å². The monoisotopic (exact) mass is 399 g/mol. The van der Waals surface area contributed by atoms with Gasteiger partial charge < -0.3 is 31.8 Å². The summed E-state index contributed by atoms with van der Waals surface area (Å²) in [6.07, 6.45) is 4.04. The standard InChI is InChI=1S/C17H21N9OS/c18-8-12(9-19)23-11-7-14-13(22-10-11)1-2-15(24-14)25-16(20)28-17(21)26-3-5-27-6-4-26/h1-2,7-10,18,21,23H,3-6,19H2,(H2,20,24,25)/b12-9+,18-8?,21-17?. The van der Waals surface area contributed by atoms with Crippen LogP contribution in [-0.2, 0) is 4.74 Å². The first-order chi connectivity index (χ1) is 13.6. The molecule has 146 valence electrons. The second-order valence-electron chi connectivity index (χ2n) is 5.78. The molecule has 0 atom stereocenters. The molecule has 0 radical (unpaired) electrons. The van der Waals surface area contributed by atoms with Crippen molar-refractivity contribution in [3.63, 3.8) is 0 Å². The number of fused-ring (bicyclic) bond motifs is 1. The summed E-state index contributed by atoms with van der Waals surface area (Å²) in [5, 5.41) is 19.0. The van der Waals surface area contributed by atoms with E-state index >= 15 is 0 Å². The summed E-state index contributed by atoms with van der Waals surface area (Å²) in [6, 6.07) is 5.30. The van der Waals surface area contributed by atoms with Crippen molar-refractivity contribution >= 4 is 50.9 Å². The van der Waals surface area contributed by atoms with Crippen molar-refractivity contribution < 1.29 is 4.74 Å². The number of hydrogen-bond acceptors (Lipinski definition) is 9. The summed E-state index contributed by atoms with van der Waals surface area (Å²) in [5.74, 6) is 0.424. The maximum Gasteiger partial charge on any atom is 0.168 e. The lowest BCUT2D eigenvalue weighted by molar-refractivity contribution is 0.0691. The Bertz CT molecular complexity index is 937. The largest absolute Gasteiger partial charge is 0.403 e. The number of morpholine rings is 1. The molecule has 0 amide bonds. The highest BCUT2D eigenvalue weighted by molar-refractivity contribution is 8.26. The molecule has 3 heterocycles. The van der Waals surface area contributed by atoms with E-state index in [1.807, 2.05) is 4.90 Å². The molecule has 0 aromatic carbocycles. The van der Waals surface area contributed by atoms with Crippen molar-refractivity contribution in [1.29, 1.82) is 10.8 Å². The summed E-state index contributed by atoms with van der Waals surface area (Å²) < 4.78 is 5.29. The molecule has 11 heteroatoms. The predicted molar refractivity (Wildman–Crippen MR) is 113 cm³/mol. The number of aromatic nitrogens is 2. The minimum atomic E-state index is 0.239. The maximum atomic E-state index is 8.14. The van der Waals surface area contributed by atoms with Crippen LogP contribution in [0.5, 0.6) is 0 Å². The molecule has 2 aromatic heterocycles. The van der Waals surface area contributed by atoms with E-state index < -0.39 is 0 Å². The van der Waals surface area contributed by atoms with E-state index in [2.05, 4.69) is 20.3 Å². The van der Waals surface area contributed by atoms with Gasteiger partial charge in [-0.3, -0.25) is 10.4 Å². The van der Waals surface area contributed by atoms with Gasteiger partial charge in [-0.15, -0.1) is 0 Å². The Morgan fingerprint density at radius 1 is 1.32 bits per heavy atom. The van der Waals surface area contributed by atoms with Crippen LogP contribution in [0.3, 0.4) is 0 Å². The number of ether oxygens (including phenoxy) is 1. The number of nitrogens with one attached hydrogen (secondary N) is 3. The molecular weight excluding hydrogens is 378 g/mol. The lowest BCUT2D eigenvalue weighted by atomic mass is 10.3. The number of amidine groups is 2. The van der Waals surface area contributed by atoms with Crippen LogP contribution in [0.15, 0.2) is 41.3 Å². The summed E-state index contributed by atoms with van der Waals surface area (Å²) in [5.41, 5.74) is 13.8. The van der Waals surface area contributed by atoms with E-state index in [1.165, 1.54) is 6.20 Å². The van der Waals surface area contributed by atoms with Gasteiger partial charge in [-0.05, 0) is 30.0 Å². The number of aliphatic imine (C=N–C) groups is 1. The average Bonchev–Trinajstić information content (AvgIpc) is 2.72. The zero-order chi connectivity index (χ0) is 19.9. The number of hydrogen-bond donors (Lipinski definition) is 5. The Hall–Kier alpha value is -3.18. The molecule has 1 aliphatic rings. The minimum absolute atomic E-state index is 0.239. The van der Waals surface area contributed by atoms with Crippen LogP contribution in [0.25, 0.3) is 11.0 Å². The van der Waals surface area contributed by atoms with Crippen LogP contribution in [0.2, 0.25) is 0 Å². The molecule has 2 aromatic rings. The molecule has 0 saturated carbocycles. The fourth-order valence-electron chi connectivity index (χ4n) is 2.48. The van der Waals surface area contributed by atoms with E-state index in [-0.39, 0.29) is 5.17 Å². The van der Waals surface area contributed by atoms with Crippen LogP contribution < -0.4 is 16.8 Å². The molecule has 0 spiro atoms. The number of pyridine rings is 2. The van der Waals surface area contributed by atoms with Crippen molar-refractivity contribution in [3.8, 4) is 0 Å². The first-order valence-electron chi connectivity index (χ1n) is 8.48. The lowest BCUT2D eigenvalue weighted by Crippen LogP contribution is -2.39. The molecule has 7 N–H and O–H groups in total. The third-order valence-electron chi connectivity index (χ3n) is 3.87. The van der Waals surface area contributed by atoms with Crippen molar-refractivity contribution in [3.05, 3.63) is 36.3 Å². The summed E-state index contributed by atoms with van der Waals surface area (Å²) in [6.45, 7) is 2.55. The van der Waals surface area contributed by atoms with E-state index in [0.29, 0.717) is 59.7 Å². The molecule has 28 heavy (non-hydrogen) atoms. The second kappa shape index (κ2) is 9.15. The Morgan fingerprint density at radius 2 is 2.11 bits per heavy atom. The van der Waals surface area contributed by atoms with Gasteiger partial charge in [0.2, 0.25) is 0 Å². The van der Waals surface area contributed by atoms with Gasteiger partial charge in [0.05, 0.1) is 41.8 Å². The lowest BCUT2D eigenvalue weighted by Gasteiger charge is -2.28. The summed E-state index contributed by atoms with van der Waals surface area (Å²) in [4.78, 5) is 15.0. The Balaban J connectivity index is 1.75. The summed E-state index contributed by atoms with van der Waals surface area (Å²) >= 11 is 1.09. The fourth-order valence-corrected chi connectivity index (χ4v) is 3.13. The predicted octanol–water partition coefficient (Wildman–Crippen LogP) is 1.44. The Morgan fingerprint density at radius 3 is 2.82 bits per heavy atom. The van der Waals surface area contributed by atoms with Gasteiger partial charge in [0.15, 0.2) is 16.2 Å². The molecule has 1 fully saturated rings. The highest BCUT2D eigenvalue weighted by atomic mass is 32.2. The Labute approximate surface area is 166 Å². The molecule has 0 unspecified atom stereocenters. The van der Waals surface area contributed by atoms with Gasteiger partial charge in [0.25, 0.3) is 0 Å². The third kappa shape index (κ3) is 4.96. The third-order valence-corrected chi connectivity index (χ3v) is 4.62. The van der Waals surface area contributed by atoms with Crippen LogP contribution in [0, 0.1) is 10.8 Å². The molecular formula is C17H21N9OS. The molecule has 0 bridgehead atoms. The zero-order valence-corrected chi connectivity index (χ0v) is 15.9.